The SMILES string of the molecule is CCCCCCCCCCOC(=O)C(CCC)NC(=O)OCC(CC)CCCC. The molecule has 29 heavy (non-hydrogen) atoms. The number of rotatable bonds is 19. The average Bonchev–Trinajstić information content (AvgIpc) is 2.72. The number of carbonyl (C=O) groups excluding carboxylic acids is 2. The molecule has 0 spiro atoms. The summed E-state index contributed by atoms with van der Waals surface area (Å²) in [5.41, 5.74) is 0. The number of carbonyl (C=O) groups is 2. The highest BCUT2D eigenvalue weighted by atomic mass is 16.6. The van der Waals surface area contributed by atoms with Gasteiger partial charge in [-0.15, -0.1) is 0 Å². The molecule has 0 aromatic carbocycles. The number of ether oxygens (including phenoxy) is 2. The molecule has 5 heteroatoms. The topological polar surface area (TPSA) is 64.6 Å². The van der Waals surface area contributed by atoms with Crippen LogP contribution in [0.15, 0.2) is 0 Å². The van der Waals surface area contributed by atoms with Crippen molar-refractivity contribution in [2.24, 2.45) is 5.92 Å². The largest absolute Gasteiger partial charge is 0.464 e. The van der Waals surface area contributed by atoms with Crippen LogP contribution in [-0.2, 0) is 14.3 Å². The summed E-state index contributed by atoms with van der Waals surface area (Å²) >= 11 is 0. The van der Waals surface area contributed by atoms with Crippen LogP contribution in [0.2, 0.25) is 0 Å². The van der Waals surface area contributed by atoms with Crippen molar-refractivity contribution in [3.63, 3.8) is 0 Å². The number of nitrogens with one attached hydrogen (secondary N) is 1. The van der Waals surface area contributed by atoms with E-state index in [0.717, 1.165) is 44.9 Å². The van der Waals surface area contributed by atoms with E-state index in [9.17, 15) is 9.59 Å². The van der Waals surface area contributed by atoms with Crippen molar-refractivity contribution in [3.8, 4) is 0 Å². The molecule has 0 aliphatic heterocycles. The van der Waals surface area contributed by atoms with E-state index in [-0.39, 0.29) is 5.97 Å². The molecule has 0 aliphatic carbocycles. The minimum Gasteiger partial charge on any atom is -0.464 e. The van der Waals surface area contributed by atoms with Crippen molar-refractivity contribution in [3.05, 3.63) is 0 Å². The Hall–Kier alpha value is -1.26. The monoisotopic (exact) mass is 413 g/mol. The molecule has 0 radical (unpaired) electrons. The van der Waals surface area contributed by atoms with Crippen LogP contribution in [0.3, 0.4) is 0 Å². The highest BCUT2D eigenvalue weighted by Crippen LogP contribution is 2.13. The third-order valence-corrected chi connectivity index (χ3v) is 5.39. The molecule has 0 bridgehead atoms. The van der Waals surface area contributed by atoms with Gasteiger partial charge in [0, 0.05) is 0 Å². The van der Waals surface area contributed by atoms with E-state index < -0.39 is 12.1 Å². The summed E-state index contributed by atoms with van der Waals surface area (Å²) in [6, 6.07) is -0.614. The van der Waals surface area contributed by atoms with Gasteiger partial charge in [-0.3, -0.25) is 0 Å². The van der Waals surface area contributed by atoms with Gasteiger partial charge >= 0.3 is 12.1 Å². The van der Waals surface area contributed by atoms with Crippen molar-refractivity contribution in [1.82, 2.24) is 5.32 Å². The first-order chi connectivity index (χ1) is 14.1. The molecule has 1 N–H and O–H groups in total. The van der Waals surface area contributed by atoms with Crippen LogP contribution < -0.4 is 5.32 Å². The Bertz CT molecular complexity index is 400. The molecule has 0 saturated carbocycles. The minimum absolute atomic E-state index is 0.343. The van der Waals surface area contributed by atoms with Gasteiger partial charge in [-0.2, -0.15) is 0 Å². The van der Waals surface area contributed by atoms with Crippen LogP contribution in [0.5, 0.6) is 0 Å². The minimum atomic E-state index is -0.614. The number of hydrogen-bond donors (Lipinski definition) is 1. The predicted molar refractivity (Wildman–Crippen MR) is 120 cm³/mol. The van der Waals surface area contributed by atoms with Gasteiger partial charge in [0.15, 0.2) is 0 Å². The zero-order chi connectivity index (χ0) is 21.7. The highest BCUT2D eigenvalue weighted by Gasteiger charge is 2.22. The lowest BCUT2D eigenvalue weighted by Gasteiger charge is -2.19. The Morgan fingerprint density at radius 2 is 1.34 bits per heavy atom. The summed E-state index contributed by atoms with van der Waals surface area (Å²) in [6.45, 7) is 9.33. The fourth-order valence-electron chi connectivity index (χ4n) is 3.32. The number of amides is 1. The molecule has 0 aromatic heterocycles. The summed E-state index contributed by atoms with van der Waals surface area (Å²) in [6.07, 6.45) is 14.9. The molecular weight excluding hydrogens is 366 g/mol. The molecule has 0 aromatic rings. The molecule has 0 fully saturated rings. The summed E-state index contributed by atoms with van der Waals surface area (Å²) in [5, 5.41) is 2.70. The molecule has 0 rings (SSSR count). The molecule has 172 valence electrons. The maximum Gasteiger partial charge on any atom is 0.407 e. The molecular formula is C24H47NO4. The second-order valence-corrected chi connectivity index (χ2v) is 8.14. The van der Waals surface area contributed by atoms with E-state index in [2.05, 4.69) is 26.1 Å². The predicted octanol–water partition coefficient (Wildman–Crippen LogP) is 6.78. The van der Waals surface area contributed by atoms with Gasteiger partial charge in [-0.1, -0.05) is 98.3 Å². The standard InChI is InChI=1S/C24H47NO4/c1-5-9-11-12-13-14-15-16-19-28-23(26)22(17-7-3)25-24(27)29-20-21(8-4)18-10-6-2/h21-22H,5-20H2,1-4H3,(H,25,27). The van der Waals surface area contributed by atoms with Crippen LogP contribution in [-0.4, -0.2) is 31.3 Å². The fourth-order valence-corrected chi connectivity index (χ4v) is 3.32. The van der Waals surface area contributed by atoms with Gasteiger partial charge in [-0.05, 0) is 25.2 Å². The van der Waals surface area contributed by atoms with Gasteiger partial charge in [0.05, 0.1) is 13.2 Å². The molecule has 2 atom stereocenters. The first-order valence-corrected chi connectivity index (χ1v) is 12.2. The normalized spacial score (nSPS) is 13.0. The third-order valence-electron chi connectivity index (χ3n) is 5.39. The molecule has 2 unspecified atom stereocenters. The number of hydrogen-bond acceptors (Lipinski definition) is 4. The van der Waals surface area contributed by atoms with Gasteiger partial charge in [0.25, 0.3) is 0 Å². The first-order valence-electron chi connectivity index (χ1n) is 12.2. The van der Waals surface area contributed by atoms with Gasteiger partial charge in [0.2, 0.25) is 0 Å². The Kier molecular flexibility index (Phi) is 19.2. The zero-order valence-corrected chi connectivity index (χ0v) is 19.6. The Morgan fingerprint density at radius 3 is 1.93 bits per heavy atom. The van der Waals surface area contributed by atoms with Crippen LogP contribution in [0.25, 0.3) is 0 Å². The Balaban J connectivity index is 4.05. The third kappa shape index (κ3) is 16.2. The van der Waals surface area contributed by atoms with E-state index in [4.69, 9.17) is 9.47 Å². The van der Waals surface area contributed by atoms with Crippen LogP contribution in [0.1, 0.15) is 118 Å². The highest BCUT2D eigenvalue weighted by molar-refractivity contribution is 5.81. The maximum atomic E-state index is 12.3. The molecule has 5 nitrogen and oxygen atoms in total. The fraction of sp³-hybridized carbons (Fsp3) is 0.917. The van der Waals surface area contributed by atoms with E-state index in [1.165, 1.54) is 38.5 Å². The smallest absolute Gasteiger partial charge is 0.407 e. The van der Waals surface area contributed by atoms with Crippen molar-refractivity contribution in [2.75, 3.05) is 13.2 Å². The lowest BCUT2D eigenvalue weighted by Crippen LogP contribution is -2.42. The van der Waals surface area contributed by atoms with Crippen molar-refractivity contribution in [1.29, 1.82) is 0 Å². The summed E-state index contributed by atoms with van der Waals surface area (Å²) in [4.78, 5) is 24.4. The molecule has 0 heterocycles. The van der Waals surface area contributed by atoms with Crippen molar-refractivity contribution < 1.29 is 19.1 Å². The number of unbranched alkanes of at least 4 members (excludes halogenated alkanes) is 8. The first kappa shape index (κ1) is 27.7. The Morgan fingerprint density at radius 1 is 0.724 bits per heavy atom. The van der Waals surface area contributed by atoms with Crippen molar-refractivity contribution in [2.45, 2.75) is 124 Å². The average molecular weight is 414 g/mol. The van der Waals surface area contributed by atoms with Crippen LogP contribution >= 0.6 is 0 Å². The van der Waals surface area contributed by atoms with E-state index in [1.807, 2.05) is 6.92 Å². The lowest BCUT2D eigenvalue weighted by atomic mass is 10.0. The second-order valence-electron chi connectivity index (χ2n) is 8.14. The number of alkyl carbamates (subject to hydrolysis) is 1. The molecule has 0 aliphatic rings. The van der Waals surface area contributed by atoms with Gasteiger partial charge < -0.3 is 14.8 Å². The van der Waals surface area contributed by atoms with E-state index >= 15 is 0 Å². The van der Waals surface area contributed by atoms with Crippen LogP contribution in [0, 0.1) is 5.92 Å². The quantitative estimate of drug-likeness (QED) is 0.187. The van der Waals surface area contributed by atoms with Crippen molar-refractivity contribution >= 4 is 12.1 Å². The summed E-state index contributed by atoms with van der Waals surface area (Å²) in [5.74, 6) is 0.0454. The Labute approximate surface area is 179 Å². The van der Waals surface area contributed by atoms with E-state index in [0.29, 0.717) is 25.6 Å². The number of esters is 1. The van der Waals surface area contributed by atoms with Gasteiger partial charge in [0.1, 0.15) is 6.04 Å². The van der Waals surface area contributed by atoms with Crippen LogP contribution in [0.4, 0.5) is 4.79 Å². The lowest BCUT2D eigenvalue weighted by molar-refractivity contribution is -0.146. The molecule has 1 amide bonds. The maximum absolute atomic E-state index is 12.3. The summed E-state index contributed by atoms with van der Waals surface area (Å²) < 4.78 is 10.8. The van der Waals surface area contributed by atoms with Gasteiger partial charge in [-0.25, -0.2) is 9.59 Å². The summed E-state index contributed by atoms with van der Waals surface area (Å²) in [7, 11) is 0. The zero-order valence-electron chi connectivity index (χ0n) is 19.6. The second kappa shape index (κ2) is 20.0. The van der Waals surface area contributed by atoms with E-state index in [1.54, 1.807) is 0 Å². The molecule has 0 saturated heterocycles.